The SMILES string of the molecule is CCC(=O)OC(C)(C)C.CCC(=O)OC(C)(C)C.COC(=O)c1c(Br)ccc(C=O)c1F.COC(=O)c1c(Br)ccc(CCc2ccccc2)c1F.Nc1ccccc1. The lowest BCUT2D eigenvalue weighted by molar-refractivity contribution is -0.155. The van der Waals surface area contributed by atoms with Gasteiger partial charge < -0.3 is 24.7 Å². The first-order valence-electron chi connectivity index (χ1n) is 18.4. The Balaban J connectivity index is 0.000000756. The van der Waals surface area contributed by atoms with Gasteiger partial charge >= 0.3 is 23.9 Å². The molecule has 0 amide bonds. The molecule has 4 aromatic carbocycles. The number of esters is 4. The highest BCUT2D eigenvalue weighted by Crippen LogP contribution is 2.25. The summed E-state index contributed by atoms with van der Waals surface area (Å²) in [6.07, 6.45) is 2.51. The van der Waals surface area contributed by atoms with Crippen LogP contribution in [0.2, 0.25) is 0 Å². The molecule has 0 atom stereocenters. The van der Waals surface area contributed by atoms with Crippen LogP contribution in [0.1, 0.15) is 110 Å². The Kier molecular flexibility index (Phi) is 25.4. The summed E-state index contributed by atoms with van der Waals surface area (Å²) in [5.74, 6) is -3.15. The second-order valence-electron chi connectivity index (χ2n) is 14.1. The number of anilines is 1. The van der Waals surface area contributed by atoms with Crippen LogP contribution >= 0.6 is 31.9 Å². The number of aryl methyl sites for hydroxylation is 2. The number of aldehydes is 1. The molecule has 0 aliphatic rings. The van der Waals surface area contributed by atoms with Crippen LogP contribution < -0.4 is 5.73 Å². The van der Waals surface area contributed by atoms with Crippen LogP contribution in [-0.4, -0.2) is 55.6 Å². The predicted molar refractivity (Wildman–Crippen MR) is 233 cm³/mol. The van der Waals surface area contributed by atoms with E-state index in [1.165, 1.54) is 19.2 Å². The van der Waals surface area contributed by atoms with E-state index in [4.69, 9.17) is 15.2 Å². The van der Waals surface area contributed by atoms with E-state index in [9.17, 15) is 32.8 Å². The van der Waals surface area contributed by atoms with Gasteiger partial charge in [0, 0.05) is 27.5 Å². The third kappa shape index (κ3) is 22.7. The number of carbonyl (C=O) groups excluding carboxylic acids is 5. The first-order valence-corrected chi connectivity index (χ1v) is 20.0. The topological polar surface area (TPSA) is 148 Å². The number of rotatable bonds is 8. The molecule has 0 fully saturated rings. The smallest absolute Gasteiger partial charge is 0.342 e. The van der Waals surface area contributed by atoms with Gasteiger partial charge in [0.05, 0.1) is 19.8 Å². The standard InChI is InChI=1S/C16H14BrFO2.C9H6BrFO3.2C7H14O2.C6H7N/c1-20-16(19)14-13(17)10-9-12(15(14)18)8-7-11-5-3-2-4-6-11;1-14-9(13)7-6(10)3-2-5(4-12)8(7)11;2*1-5-6(8)9-7(2,3)4;7-6-4-2-1-3-5-6/h2-6,9-10H,7-8H2,1H3;2-4H,1H3;2*5H2,1-4H3;1-5H,7H2. The van der Waals surface area contributed by atoms with Crippen molar-refractivity contribution in [2.45, 2.75) is 92.3 Å². The number of para-hydroxylation sites is 1. The second kappa shape index (κ2) is 27.7. The lowest BCUT2D eigenvalue weighted by atomic mass is 10.0. The van der Waals surface area contributed by atoms with Crippen LogP contribution in [0, 0.1) is 11.6 Å². The summed E-state index contributed by atoms with van der Waals surface area (Å²) in [4.78, 5) is 54.3. The Morgan fingerprint density at radius 1 is 0.627 bits per heavy atom. The van der Waals surface area contributed by atoms with E-state index in [1.807, 2.05) is 102 Å². The predicted octanol–water partition coefficient (Wildman–Crippen LogP) is 11.1. The quantitative estimate of drug-likeness (QED) is 0.0783. The number of carbonyl (C=O) groups is 5. The summed E-state index contributed by atoms with van der Waals surface area (Å²) in [7, 11) is 2.38. The summed E-state index contributed by atoms with van der Waals surface area (Å²) >= 11 is 6.17. The minimum absolute atomic E-state index is 0.0435. The maximum Gasteiger partial charge on any atom is 0.342 e. The molecule has 0 aliphatic heterocycles. The van der Waals surface area contributed by atoms with Crippen LogP contribution in [0.5, 0.6) is 0 Å². The first kappa shape index (κ1) is 54.1. The van der Waals surface area contributed by atoms with Gasteiger partial charge in [-0.05, 0) is 128 Å². The zero-order valence-corrected chi connectivity index (χ0v) is 38.4. The largest absolute Gasteiger partial charge is 0.465 e. The fourth-order valence-electron chi connectivity index (χ4n) is 4.23. The molecule has 0 aliphatic carbocycles. The third-order valence-electron chi connectivity index (χ3n) is 6.94. The maximum atomic E-state index is 14.3. The van der Waals surface area contributed by atoms with Crippen molar-refractivity contribution in [3.8, 4) is 0 Å². The number of benzene rings is 4. The van der Waals surface area contributed by atoms with Crippen LogP contribution in [0.15, 0.2) is 93.9 Å². The van der Waals surface area contributed by atoms with Gasteiger partial charge in [0.25, 0.3) is 0 Å². The van der Waals surface area contributed by atoms with Crippen molar-refractivity contribution in [1.29, 1.82) is 0 Å². The van der Waals surface area contributed by atoms with Gasteiger partial charge in [0.15, 0.2) is 6.29 Å². The molecule has 14 heteroatoms. The summed E-state index contributed by atoms with van der Waals surface area (Å²) in [5.41, 5.74) is 6.69. The van der Waals surface area contributed by atoms with E-state index in [1.54, 1.807) is 26.0 Å². The fourth-order valence-corrected chi connectivity index (χ4v) is 5.17. The molecule has 0 heterocycles. The molecule has 2 N–H and O–H groups in total. The van der Waals surface area contributed by atoms with Gasteiger partial charge in [0.1, 0.15) is 34.0 Å². The molecule has 0 saturated carbocycles. The molecule has 10 nitrogen and oxygen atoms in total. The molecule has 322 valence electrons. The van der Waals surface area contributed by atoms with Crippen LogP contribution in [0.4, 0.5) is 14.5 Å². The van der Waals surface area contributed by atoms with Gasteiger partial charge in [-0.25, -0.2) is 18.4 Å². The van der Waals surface area contributed by atoms with E-state index in [0.717, 1.165) is 24.8 Å². The van der Waals surface area contributed by atoms with E-state index in [0.29, 0.717) is 35.6 Å². The van der Waals surface area contributed by atoms with E-state index in [-0.39, 0.29) is 44.3 Å². The lowest BCUT2D eigenvalue weighted by Crippen LogP contribution is -2.23. The molecule has 0 unspecified atom stereocenters. The van der Waals surface area contributed by atoms with Crippen molar-refractivity contribution >= 4 is 67.7 Å². The number of nitrogen functional groups attached to an aromatic ring is 1. The number of hydrogen-bond acceptors (Lipinski definition) is 10. The van der Waals surface area contributed by atoms with Crippen molar-refractivity contribution in [1.82, 2.24) is 0 Å². The van der Waals surface area contributed by atoms with Crippen molar-refractivity contribution in [2.75, 3.05) is 20.0 Å². The highest BCUT2D eigenvalue weighted by Gasteiger charge is 2.20. The van der Waals surface area contributed by atoms with E-state index >= 15 is 0 Å². The summed E-state index contributed by atoms with van der Waals surface area (Å²) in [6.45, 7) is 14.7. The van der Waals surface area contributed by atoms with Crippen LogP contribution in [-0.2, 0) is 41.4 Å². The van der Waals surface area contributed by atoms with Crippen LogP contribution in [0.3, 0.4) is 0 Å². The van der Waals surface area contributed by atoms with Crippen molar-refractivity contribution < 1.29 is 51.7 Å². The maximum absolute atomic E-state index is 14.3. The normalized spacial score (nSPS) is 10.2. The third-order valence-corrected chi connectivity index (χ3v) is 8.26. The Labute approximate surface area is 363 Å². The molecule has 0 aromatic heterocycles. The highest BCUT2D eigenvalue weighted by molar-refractivity contribution is 9.10. The van der Waals surface area contributed by atoms with Crippen molar-refractivity contribution in [2.24, 2.45) is 0 Å². The Bertz CT molecular complexity index is 1900. The summed E-state index contributed by atoms with van der Waals surface area (Å²) in [5, 5.41) is 0. The number of hydrogen-bond donors (Lipinski definition) is 1. The molecule has 4 aromatic rings. The molecule has 0 radical (unpaired) electrons. The Morgan fingerprint density at radius 2 is 1.03 bits per heavy atom. The molecule has 0 saturated heterocycles. The Hall–Kier alpha value is -4.95. The van der Waals surface area contributed by atoms with Gasteiger partial charge in [-0.3, -0.25) is 14.4 Å². The lowest BCUT2D eigenvalue weighted by Gasteiger charge is -2.18. The zero-order valence-electron chi connectivity index (χ0n) is 35.3. The average Bonchev–Trinajstić information content (AvgIpc) is 3.18. The Morgan fingerprint density at radius 3 is 1.37 bits per heavy atom. The van der Waals surface area contributed by atoms with E-state index < -0.39 is 23.6 Å². The molecular formula is C45H55Br2F2NO9. The van der Waals surface area contributed by atoms with Crippen molar-refractivity contribution in [3.05, 3.63) is 133 Å². The fraction of sp³-hybridized carbons (Fsp3) is 0.356. The molecule has 59 heavy (non-hydrogen) atoms. The zero-order chi connectivity index (χ0) is 45.3. The van der Waals surface area contributed by atoms with Gasteiger partial charge in [0.2, 0.25) is 0 Å². The number of methoxy groups -OCH3 is 2. The molecular weight excluding hydrogens is 896 g/mol. The number of nitrogens with two attached hydrogens (primary N) is 1. The van der Waals surface area contributed by atoms with Gasteiger partial charge in [-0.2, -0.15) is 0 Å². The highest BCUT2D eigenvalue weighted by atomic mass is 79.9. The monoisotopic (exact) mass is 949 g/mol. The van der Waals surface area contributed by atoms with E-state index in [2.05, 4.69) is 41.3 Å². The minimum atomic E-state index is -0.874. The van der Waals surface area contributed by atoms with Gasteiger partial charge in [-0.1, -0.05) is 68.4 Å². The van der Waals surface area contributed by atoms with Crippen molar-refractivity contribution in [3.63, 3.8) is 0 Å². The molecule has 4 rings (SSSR count). The number of halogens is 4. The summed E-state index contributed by atoms with van der Waals surface area (Å²) in [6, 6.07) is 25.4. The van der Waals surface area contributed by atoms with Crippen LogP contribution in [0.25, 0.3) is 0 Å². The minimum Gasteiger partial charge on any atom is -0.465 e. The second-order valence-corrected chi connectivity index (χ2v) is 15.8. The molecule has 0 spiro atoms. The first-order chi connectivity index (χ1) is 27.5. The average molecular weight is 952 g/mol. The summed E-state index contributed by atoms with van der Waals surface area (Å²) < 4.78 is 47.3. The van der Waals surface area contributed by atoms with Gasteiger partial charge in [-0.15, -0.1) is 0 Å². The number of ether oxygens (including phenoxy) is 4. The molecule has 0 bridgehead atoms.